The Bertz CT molecular complexity index is 280. The van der Waals surface area contributed by atoms with E-state index in [1.165, 1.54) is 0 Å². The van der Waals surface area contributed by atoms with Crippen LogP contribution in [0.15, 0.2) is 34.9 Å². The molecule has 1 fully saturated rings. The van der Waals surface area contributed by atoms with Crippen LogP contribution < -0.4 is 5.32 Å². The van der Waals surface area contributed by atoms with E-state index in [1.54, 1.807) is 6.08 Å². The van der Waals surface area contributed by atoms with Crippen molar-refractivity contribution < 1.29 is 0 Å². The van der Waals surface area contributed by atoms with Crippen molar-refractivity contribution >= 4 is 23.2 Å². The second-order valence-electron chi connectivity index (χ2n) is 3.53. The van der Waals surface area contributed by atoms with Crippen LogP contribution in [0.2, 0.25) is 0 Å². The van der Waals surface area contributed by atoms with Crippen LogP contribution >= 0.6 is 23.2 Å². The van der Waals surface area contributed by atoms with E-state index in [0.29, 0.717) is 6.04 Å². The van der Waals surface area contributed by atoms with Gasteiger partial charge < -0.3 is 5.32 Å². The van der Waals surface area contributed by atoms with Crippen molar-refractivity contribution in [1.29, 1.82) is 0 Å². The van der Waals surface area contributed by atoms with E-state index in [2.05, 4.69) is 23.8 Å². The smallest absolute Gasteiger partial charge is 0.106 e. The fraction of sp³-hybridized carbons (Fsp3) is 0.455. The van der Waals surface area contributed by atoms with Crippen molar-refractivity contribution in [3.05, 3.63) is 34.9 Å². The van der Waals surface area contributed by atoms with Crippen molar-refractivity contribution in [2.75, 3.05) is 26.7 Å². The standard InChI is InChI=1S/C11H16Cl2N2/c1-3-9(4-5-11(12)13)10-8-14-6-7-15(10)2/h3-5,10,14H,1,6-8H2,2H3/b9-4+. The highest BCUT2D eigenvalue weighted by molar-refractivity contribution is 6.55. The van der Waals surface area contributed by atoms with Gasteiger partial charge in [-0.1, -0.05) is 41.9 Å². The minimum atomic E-state index is 0.265. The molecule has 2 nitrogen and oxygen atoms in total. The lowest BCUT2D eigenvalue weighted by atomic mass is 10.0. The van der Waals surface area contributed by atoms with Crippen LogP contribution in [0.25, 0.3) is 0 Å². The largest absolute Gasteiger partial charge is 0.314 e. The van der Waals surface area contributed by atoms with Gasteiger partial charge in [-0.15, -0.1) is 0 Å². The molecule has 15 heavy (non-hydrogen) atoms. The lowest BCUT2D eigenvalue weighted by Gasteiger charge is -2.33. The number of nitrogens with one attached hydrogen (secondary N) is 1. The van der Waals surface area contributed by atoms with Crippen molar-refractivity contribution in [2.45, 2.75) is 6.04 Å². The van der Waals surface area contributed by atoms with Gasteiger partial charge in [0.2, 0.25) is 0 Å². The number of hydrogen-bond acceptors (Lipinski definition) is 2. The summed E-state index contributed by atoms with van der Waals surface area (Å²) in [4.78, 5) is 2.29. The number of nitrogens with zero attached hydrogens (tertiary/aromatic N) is 1. The summed E-state index contributed by atoms with van der Waals surface area (Å²) in [6.45, 7) is 6.81. The van der Waals surface area contributed by atoms with Crippen LogP contribution in [-0.2, 0) is 0 Å². The molecule has 0 bridgehead atoms. The molecule has 84 valence electrons. The van der Waals surface area contributed by atoms with Gasteiger partial charge in [0.1, 0.15) is 4.49 Å². The van der Waals surface area contributed by atoms with Gasteiger partial charge in [0.25, 0.3) is 0 Å². The molecule has 4 heteroatoms. The molecule has 1 aliphatic heterocycles. The highest BCUT2D eigenvalue weighted by Crippen LogP contribution is 2.14. The van der Waals surface area contributed by atoms with Crippen molar-refractivity contribution in [2.24, 2.45) is 0 Å². The fourth-order valence-corrected chi connectivity index (χ4v) is 1.78. The third-order valence-corrected chi connectivity index (χ3v) is 2.79. The number of piperazine rings is 1. The van der Waals surface area contributed by atoms with Crippen molar-refractivity contribution in [3.63, 3.8) is 0 Å². The van der Waals surface area contributed by atoms with Crippen LogP contribution in [0.4, 0.5) is 0 Å². The minimum Gasteiger partial charge on any atom is -0.314 e. The molecule has 1 saturated heterocycles. The fourth-order valence-electron chi connectivity index (χ4n) is 1.65. The first-order chi connectivity index (χ1) is 7.15. The number of likely N-dealkylation sites (N-methyl/N-ethyl adjacent to an activating group) is 1. The molecule has 1 unspecified atom stereocenters. The molecule has 0 saturated carbocycles. The summed E-state index contributed by atoms with van der Waals surface area (Å²) < 4.78 is 0.265. The van der Waals surface area contributed by atoms with Crippen molar-refractivity contribution in [1.82, 2.24) is 10.2 Å². The van der Waals surface area contributed by atoms with Gasteiger partial charge in [-0.2, -0.15) is 0 Å². The Morgan fingerprint density at radius 2 is 2.20 bits per heavy atom. The van der Waals surface area contributed by atoms with E-state index in [-0.39, 0.29) is 4.49 Å². The Balaban J connectivity index is 2.76. The first-order valence-corrected chi connectivity index (χ1v) is 5.67. The van der Waals surface area contributed by atoms with E-state index in [4.69, 9.17) is 23.2 Å². The average molecular weight is 247 g/mol. The normalized spacial score (nSPS) is 23.7. The molecule has 1 N–H and O–H groups in total. The summed E-state index contributed by atoms with van der Waals surface area (Å²) in [6, 6.07) is 0.347. The maximum absolute atomic E-state index is 5.57. The summed E-state index contributed by atoms with van der Waals surface area (Å²) in [5.41, 5.74) is 1.13. The van der Waals surface area contributed by atoms with Crippen LogP contribution in [0.1, 0.15) is 0 Å². The SMILES string of the molecule is C=C/C(=C\C=C(Cl)Cl)C1CNCCN1C. The molecule has 0 aromatic heterocycles. The van der Waals surface area contributed by atoms with Crippen LogP contribution in [0, 0.1) is 0 Å². The maximum atomic E-state index is 5.57. The highest BCUT2D eigenvalue weighted by atomic mass is 35.5. The summed E-state index contributed by atoms with van der Waals surface area (Å²) in [6.07, 6.45) is 5.44. The van der Waals surface area contributed by atoms with Gasteiger partial charge in [0, 0.05) is 25.7 Å². The molecule has 0 radical (unpaired) electrons. The predicted molar refractivity (Wildman–Crippen MR) is 67.4 cm³/mol. The number of hydrogen-bond donors (Lipinski definition) is 1. The van der Waals surface area contributed by atoms with Gasteiger partial charge >= 0.3 is 0 Å². The number of halogens is 2. The van der Waals surface area contributed by atoms with Crippen LogP contribution in [-0.4, -0.2) is 37.6 Å². The van der Waals surface area contributed by atoms with Gasteiger partial charge in [0.05, 0.1) is 0 Å². The Hall–Kier alpha value is -0.280. The molecular formula is C11H16Cl2N2. The molecule has 1 rings (SSSR count). The summed E-state index contributed by atoms with van der Waals surface area (Å²) in [5, 5.41) is 3.35. The van der Waals surface area contributed by atoms with Gasteiger partial charge in [0.15, 0.2) is 0 Å². The summed E-state index contributed by atoms with van der Waals surface area (Å²) >= 11 is 11.1. The Kier molecular flexibility index (Phi) is 5.40. The van der Waals surface area contributed by atoms with Gasteiger partial charge in [-0.05, 0) is 18.7 Å². The summed E-state index contributed by atoms with van der Waals surface area (Å²) in [7, 11) is 2.11. The zero-order valence-corrected chi connectivity index (χ0v) is 10.4. The van der Waals surface area contributed by atoms with Crippen LogP contribution in [0.5, 0.6) is 0 Å². The van der Waals surface area contributed by atoms with Gasteiger partial charge in [-0.3, -0.25) is 4.90 Å². The van der Waals surface area contributed by atoms with E-state index in [1.807, 2.05) is 12.2 Å². The Labute approximate surface area is 101 Å². The van der Waals surface area contributed by atoms with Crippen molar-refractivity contribution in [3.8, 4) is 0 Å². The zero-order chi connectivity index (χ0) is 11.3. The molecule has 0 aliphatic carbocycles. The number of rotatable bonds is 3. The molecule has 1 aliphatic rings. The summed E-state index contributed by atoms with van der Waals surface area (Å²) in [5.74, 6) is 0. The third kappa shape index (κ3) is 3.99. The molecule has 0 aromatic carbocycles. The highest BCUT2D eigenvalue weighted by Gasteiger charge is 2.20. The van der Waals surface area contributed by atoms with E-state index in [0.717, 1.165) is 25.2 Å². The Morgan fingerprint density at radius 1 is 1.47 bits per heavy atom. The molecule has 1 heterocycles. The molecular weight excluding hydrogens is 231 g/mol. The van der Waals surface area contributed by atoms with E-state index >= 15 is 0 Å². The third-order valence-electron chi connectivity index (χ3n) is 2.53. The lowest BCUT2D eigenvalue weighted by Crippen LogP contribution is -2.49. The topological polar surface area (TPSA) is 15.3 Å². The second-order valence-corrected chi connectivity index (χ2v) is 4.54. The molecule has 0 aromatic rings. The van der Waals surface area contributed by atoms with E-state index < -0.39 is 0 Å². The Morgan fingerprint density at radius 3 is 2.73 bits per heavy atom. The molecule has 0 amide bonds. The lowest BCUT2D eigenvalue weighted by molar-refractivity contribution is 0.230. The zero-order valence-electron chi connectivity index (χ0n) is 8.84. The van der Waals surface area contributed by atoms with E-state index in [9.17, 15) is 0 Å². The second kappa shape index (κ2) is 6.33. The molecule has 1 atom stereocenters. The average Bonchev–Trinajstić information content (AvgIpc) is 2.21. The quantitative estimate of drug-likeness (QED) is 0.770. The maximum Gasteiger partial charge on any atom is 0.106 e. The monoisotopic (exact) mass is 246 g/mol. The first-order valence-electron chi connectivity index (χ1n) is 4.91. The number of allylic oxidation sites excluding steroid dienone is 2. The molecule has 0 spiro atoms. The van der Waals surface area contributed by atoms with Gasteiger partial charge in [-0.25, -0.2) is 0 Å². The predicted octanol–water partition coefficient (Wildman–Crippen LogP) is 2.32. The van der Waals surface area contributed by atoms with Crippen LogP contribution in [0.3, 0.4) is 0 Å². The first kappa shape index (κ1) is 12.8. The minimum absolute atomic E-state index is 0.265.